The standard InChI is InChI=1S/C7H6BrFO2/c8-7(10,11)5-2-1-3-6(9)4-5/h1-4,10-11H. The number of hydrogen-bond acceptors (Lipinski definition) is 2. The summed E-state index contributed by atoms with van der Waals surface area (Å²) in [5, 5.41) is 17.8. The highest BCUT2D eigenvalue weighted by Gasteiger charge is 2.20. The number of rotatable bonds is 1. The van der Waals surface area contributed by atoms with Crippen molar-refractivity contribution in [2.75, 3.05) is 0 Å². The zero-order chi connectivity index (χ0) is 8.48. The minimum absolute atomic E-state index is 0.0671. The van der Waals surface area contributed by atoms with Crippen LogP contribution in [0.1, 0.15) is 5.56 Å². The molecule has 2 N–H and O–H groups in total. The van der Waals surface area contributed by atoms with Crippen LogP contribution in [0.4, 0.5) is 4.39 Å². The SMILES string of the molecule is OC(O)(Br)c1cccc(F)c1. The van der Waals surface area contributed by atoms with Gasteiger partial charge in [-0.2, -0.15) is 0 Å². The van der Waals surface area contributed by atoms with Gasteiger partial charge in [-0.3, -0.25) is 0 Å². The molecule has 0 radical (unpaired) electrons. The molecule has 0 aromatic heterocycles. The van der Waals surface area contributed by atoms with Gasteiger partial charge in [-0.05, 0) is 28.1 Å². The Bertz CT molecular complexity index is 257. The van der Waals surface area contributed by atoms with E-state index >= 15 is 0 Å². The Labute approximate surface area is 71.4 Å². The largest absolute Gasteiger partial charge is 0.353 e. The second-order valence-corrected chi connectivity index (χ2v) is 3.20. The monoisotopic (exact) mass is 220 g/mol. The fourth-order valence-electron chi connectivity index (χ4n) is 0.686. The van der Waals surface area contributed by atoms with Crippen molar-refractivity contribution in [1.82, 2.24) is 0 Å². The van der Waals surface area contributed by atoms with Gasteiger partial charge in [-0.1, -0.05) is 12.1 Å². The van der Waals surface area contributed by atoms with Gasteiger partial charge in [0.25, 0.3) is 0 Å². The van der Waals surface area contributed by atoms with E-state index in [1.165, 1.54) is 18.2 Å². The minimum atomic E-state index is -2.14. The van der Waals surface area contributed by atoms with Gasteiger partial charge < -0.3 is 10.2 Å². The van der Waals surface area contributed by atoms with E-state index in [1.54, 1.807) is 0 Å². The van der Waals surface area contributed by atoms with Crippen LogP contribution in [0.25, 0.3) is 0 Å². The molecule has 0 saturated heterocycles. The molecule has 1 rings (SSSR count). The molecule has 11 heavy (non-hydrogen) atoms. The van der Waals surface area contributed by atoms with Gasteiger partial charge in [0.15, 0.2) is 0 Å². The topological polar surface area (TPSA) is 40.5 Å². The summed E-state index contributed by atoms with van der Waals surface area (Å²) in [5.41, 5.74) is 0.0671. The zero-order valence-electron chi connectivity index (χ0n) is 5.46. The van der Waals surface area contributed by atoms with E-state index in [1.807, 2.05) is 0 Å². The molecule has 0 heterocycles. The third-order valence-electron chi connectivity index (χ3n) is 1.19. The van der Waals surface area contributed by atoms with Gasteiger partial charge in [-0.25, -0.2) is 4.39 Å². The molecule has 1 aromatic carbocycles. The Morgan fingerprint density at radius 1 is 1.36 bits per heavy atom. The van der Waals surface area contributed by atoms with Gasteiger partial charge >= 0.3 is 0 Å². The van der Waals surface area contributed by atoms with Crippen LogP contribution in [0.15, 0.2) is 24.3 Å². The summed E-state index contributed by atoms with van der Waals surface area (Å²) in [7, 11) is 0. The molecule has 0 fully saturated rings. The van der Waals surface area contributed by atoms with Crippen molar-refractivity contribution in [2.24, 2.45) is 0 Å². The van der Waals surface area contributed by atoms with Gasteiger partial charge in [0.05, 0.1) is 0 Å². The molecular weight excluding hydrogens is 215 g/mol. The molecule has 0 saturated carbocycles. The normalized spacial score (nSPS) is 11.6. The predicted molar refractivity (Wildman–Crippen MR) is 41.4 cm³/mol. The van der Waals surface area contributed by atoms with Crippen LogP contribution in [0.2, 0.25) is 0 Å². The highest BCUT2D eigenvalue weighted by Crippen LogP contribution is 2.24. The van der Waals surface area contributed by atoms with Crippen LogP contribution in [-0.4, -0.2) is 10.2 Å². The summed E-state index contributed by atoms with van der Waals surface area (Å²) in [5.74, 6) is -0.505. The lowest BCUT2D eigenvalue weighted by Gasteiger charge is -2.12. The molecule has 0 spiro atoms. The smallest absolute Gasteiger partial charge is 0.249 e. The average Bonchev–Trinajstić information content (AvgIpc) is 1.86. The Morgan fingerprint density at radius 2 is 2.00 bits per heavy atom. The predicted octanol–water partition coefficient (Wildman–Crippen LogP) is 1.32. The summed E-state index contributed by atoms with van der Waals surface area (Å²) in [4.78, 5) is 0. The number of benzene rings is 1. The van der Waals surface area contributed by atoms with Crippen molar-refractivity contribution in [1.29, 1.82) is 0 Å². The van der Waals surface area contributed by atoms with Gasteiger partial charge in [-0.15, -0.1) is 0 Å². The summed E-state index contributed by atoms with van der Waals surface area (Å²) in [6.45, 7) is 0. The van der Waals surface area contributed by atoms with Crippen LogP contribution >= 0.6 is 15.9 Å². The summed E-state index contributed by atoms with van der Waals surface area (Å²) in [6, 6.07) is 5.06. The van der Waals surface area contributed by atoms with E-state index in [4.69, 9.17) is 10.2 Å². The molecule has 0 atom stereocenters. The van der Waals surface area contributed by atoms with Gasteiger partial charge in [0.1, 0.15) is 5.82 Å². The molecule has 60 valence electrons. The minimum Gasteiger partial charge on any atom is -0.353 e. The van der Waals surface area contributed by atoms with E-state index in [9.17, 15) is 4.39 Å². The van der Waals surface area contributed by atoms with Crippen molar-refractivity contribution < 1.29 is 14.6 Å². The highest BCUT2D eigenvalue weighted by molar-refractivity contribution is 9.09. The third-order valence-corrected chi connectivity index (χ3v) is 1.65. The van der Waals surface area contributed by atoms with Crippen LogP contribution < -0.4 is 0 Å². The highest BCUT2D eigenvalue weighted by atomic mass is 79.9. The lowest BCUT2D eigenvalue weighted by molar-refractivity contribution is -0.0743. The first-order valence-corrected chi connectivity index (χ1v) is 3.69. The lowest BCUT2D eigenvalue weighted by atomic mass is 10.2. The third kappa shape index (κ3) is 2.25. The summed E-state index contributed by atoms with van der Waals surface area (Å²) < 4.78 is 10.3. The van der Waals surface area contributed by atoms with Crippen LogP contribution in [0.3, 0.4) is 0 Å². The second-order valence-electron chi connectivity index (χ2n) is 2.10. The van der Waals surface area contributed by atoms with Crippen LogP contribution in [0.5, 0.6) is 0 Å². The first kappa shape index (κ1) is 8.64. The first-order chi connectivity index (χ1) is 5.00. The molecule has 0 bridgehead atoms. The van der Waals surface area contributed by atoms with E-state index in [0.717, 1.165) is 6.07 Å². The maximum absolute atomic E-state index is 12.5. The van der Waals surface area contributed by atoms with E-state index in [2.05, 4.69) is 15.9 Å². The number of aliphatic hydroxyl groups is 2. The zero-order valence-corrected chi connectivity index (χ0v) is 7.05. The fourth-order valence-corrected chi connectivity index (χ4v) is 0.933. The molecule has 0 amide bonds. The van der Waals surface area contributed by atoms with Crippen LogP contribution in [-0.2, 0) is 4.70 Å². The second kappa shape index (κ2) is 2.89. The van der Waals surface area contributed by atoms with E-state index < -0.39 is 10.5 Å². The molecular formula is C7H6BrFO2. The molecule has 1 aromatic rings. The number of alkyl halides is 1. The molecule has 0 aliphatic rings. The average molecular weight is 221 g/mol. The molecule has 4 heteroatoms. The quantitative estimate of drug-likeness (QED) is 0.554. The Kier molecular flexibility index (Phi) is 2.27. The summed E-state index contributed by atoms with van der Waals surface area (Å²) >= 11 is 2.57. The van der Waals surface area contributed by atoms with Crippen molar-refractivity contribution in [2.45, 2.75) is 4.70 Å². The molecule has 0 unspecified atom stereocenters. The Hall–Kier alpha value is -0.450. The maximum Gasteiger partial charge on any atom is 0.249 e. The number of hydrogen-bond donors (Lipinski definition) is 2. The molecule has 2 nitrogen and oxygen atoms in total. The van der Waals surface area contributed by atoms with Gasteiger partial charge in [0, 0.05) is 5.56 Å². The summed E-state index contributed by atoms with van der Waals surface area (Å²) in [6.07, 6.45) is 0. The van der Waals surface area contributed by atoms with Gasteiger partial charge in [0.2, 0.25) is 4.70 Å². The van der Waals surface area contributed by atoms with Crippen molar-refractivity contribution in [3.63, 3.8) is 0 Å². The van der Waals surface area contributed by atoms with Crippen molar-refractivity contribution in [3.8, 4) is 0 Å². The molecule has 0 aliphatic carbocycles. The lowest BCUT2D eigenvalue weighted by Crippen LogP contribution is -2.15. The Balaban J connectivity index is 3.06. The van der Waals surface area contributed by atoms with Crippen molar-refractivity contribution in [3.05, 3.63) is 35.6 Å². The molecule has 0 aliphatic heterocycles. The first-order valence-electron chi connectivity index (χ1n) is 2.90. The number of halogens is 2. The fraction of sp³-hybridized carbons (Fsp3) is 0.143. The van der Waals surface area contributed by atoms with Crippen LogP contribution in [0, 0.1) is 5.82 Å². The van der Waals surface area contributed by atoms with Crippen molar-refractivity contribution >= 4 is 15.9 Å². The van der Waals surface area contributed by atoms with E-state index in [-0.39, 0.29) is 5.56 Å². The Morgan fingerprint density at radius 3 is 2.36 bits per heavy atom. The van der Waals surface area contributed by atoms with E-state index in [0.29, 0.717) is 0 Å². The maximum atomic E-state index is 12.5.